The summed E-state index contributed by atoms with van der Waals surface area (Å²) >= 11 is 0. The summed E-state index contributed by atoms with van der Waals surface area (Å²) < 4.78 is 0. The van der Waals surface area contributed by atoms with Crippen LogP contribution in [0.15, 0.2) is 0 Å². The van der Waals surface area contributed by atoms with Crippen LogP contribution in [0.1, 0.15) is 51.4 Å². The minimum Gasteiger partial charge on any atom is -0.391 e. The highest BCUT2D eigenvalue weighted by Gasteiger charge is 2.32. The van der Waals surface area contributed by atoms with Crippen molar-refractivity contribution in [2.75, 3.05) is 33.2 Å². The molecule has 2 N–H and O–H groups in total. The third-order valence-electron chi connectivity index (χ3n) is 5.88. The molecule has 4 heteroatoms. The van der Waals surface area contributed by atoms with Gasteiger partial charge in [-0.05, 0) is 58.7 Å². The Labute approximate surface area is 129 Å². The first kappa shape index (κ1) is 15.7. The van der Waals surface area contributed by atoms with Crippen LogP contribution in [0.25, 0.3) is 0 Å². The highest BCUT2D eigenvalue weighted by atomic mass is 16.3. The molecule has 122 valence electrons. The van der Waals surface area contributed by atoms with Gasteiger partial charge < -0.3 is 15.3 Å². The number of hydrogen-bond acceptors (Lipinski definition) is 4. The van der Waals surface area contributed by atoms with E-state index in [0.29, 0.717) is 12.1 Å². The van der Waals surface area contributed by atoms with Crippen molar-refractivity contribution in [2.45, 2.75) is 75.6 Å². The molecule has 0 radical (unpaired) electrons. The Kier molecular flexibility index (Phi) is 5.54. The van der Waals surface area contributed by atoms with Crippen LogP contribution >= 0.6 is 0 Å². The van der Waals surface area contributed by atoms with Gasteiger partial charge >= 0.3 is 0 Å². The van der Waals surface area contributed by atoms with E-state index in [0.717, 1.165) is 12.5 Å². The van der Waals surface area contributed by atoms with E-state index in [1.54, 1.807) is 0 Å². The quantitative estimate of drug-likeness (QED) is 0.826. The Morgan fingerprint density at radius 1 is 0.810 bits per heavy atom. The molecule has 3 rings (SSSR count). The van der Waals surface area contributed by atoms with Crippen LogP contribution in [0.2, 0.25) is 0 Å². The average molecular weight is 295 g/mol. The first-order valence-electron chi connectivity index (χ1n) is 9.09. The Morgan fingerprint density at radius 3 is 2.00 bits per heavy atom. The van der Waals surface area contributed by atoms with Crippen molar-refractivity contribution in [1.82, 2.24) is 15.1 Å². The summed E-state index contributed by atoms with van der Waals surface area (Å²) in [5, 5.41) is 14.1. The second-order valence-corrected chi connectivity index (χ2v) is 7.47. The van der Waals surface area contributed by atoms with Gasteiger partial charge in [-0.15, -0.1) is 0 Å². The fourth-order valence-electron chi connectivity index (χ4n) is 4.42. The number of aliphatic hydroxyl groups excluding tert-OH is 1. The van der Waals surface area contributed by atoms with E-state index in [1.807, 2.05) is 0 Å². The van der Waals surface area contributed by atoms with E-state index < -0.39 is 0 Å². The smallest absolute Gasteiger partial charge is 0.0695 e. The van der Waals surface area contributed by atoms with Crippen molar-refractivity contribution in [2.24, 2.45) is 0 Å². The molecular formula is C17H33N3O. The molecule has 2 atom stereocenters. The summed E-state index contributed by atoms with van der Waals surface area (Å²) in [5.74, 6) is 0. The molecule has 0 aromatic rings. The maximum absolute atomic E-state index is 10.2. The number of nitrogens with one attached hydrogen (secondary N) is 1. The second-order valence-electron chi connectivity index (χ2n) is 7.47. The first-order chi connectivity index (χ1) is 10.2. The van der Waals surface area contributed by atoms with Crippen molar-refractivity contribution >= 4 is 0 Å². The lowest BCUT2D eigenvalue weighted by molar-refractivity contribution is 0.00616. The lowest BCUT2D eigenvalue weighted by Crippen LogP contribution is -2.53. The number of aliphatic hydroxyl groups is 1. The van der Waals surface area contributed by atoms with Gasteiger partial charge in [0.15, 0.2) is 0 Å². The zero-order valence-electron chi connectivity index (χ0n) is 13.6. The van der Waals surface area contributed by atoms with Gasteiger partial charge in [-0.1, -0.05) is 12.8 Å². The topological polar surface area (TPSA) is 38.7 Å². The van der Waals surface area contributed by atoms with Crippen molar-refractivity contribution in [1.29, 1.82) is 0 Å². The summed E-state index contributed by atoms with van der Waals surface area (Å²) in [5.41, 5.74) is 0. The molecule has 2 unspecified atom stereocenters. The first-order valence-corrected chi connectivity index (χ1v) is 9.09. The summed E-state index contributed by atoms with van der Waals surface area (Å²) in [6.45, 7) is 4.83. The predicted octanol–water partition coefficient (Wildman–Crippen LogP) is 1.44. The highest BCUT2D eigenvalue weighted by Crippen LogP contribution is 2.26. The fourth-order valence-corrected chi connectivity index (χ4v) is 4.42. The normalized spacial score (nSPS) is 35.1. The minimum atomic E-state index is -0.0721. The van der Waals surface area contributed by atoms with Crippen molar-refractivity contribution in [3.63, 3.8) is 0 Å². The van der Waals surface area contributed by atoms with Gasteiger partial charge in [0.05, 0.1) is 6.10 Å². The number of piperidine rings is 2. The van der Waals surface area contributed by atoms with E-state index in [9.17, 15) is 5.11 Å². The lowest BCUT2D eigenvalue weighted by atomic mass is 9.89. The van der Waals surface area contributed by atoms with Crippen LogP contribution in [0, 0.1) is 0 Å². The molecule has 2 heterocycles. The van der Waals surface area contributed by atoms with Crippen LogP contribution in [-0.4, -0.2) is 72.4 Å². The van der Waals surface area contributed by atoms with E-state index in [1.165, 1.54) is 71.1 Å². The van der Waals surface area contributed by atoms with Crippen molar-refractivity contribution < 1.29 is 5.11 Å². The fraction of sp³-hybridized carbons (Fsp3) is 1.00. The third-order valence-corrected chi connectivity index (χ3v) is 5.88. The maximum atomic E-state index is 10.2. The summed E-state index contributed by atoms with van der Waals surface area (Å²) in [4.78, 5) is 5.00. The molecule has 21 heavy (non-hydrogen) atoms. The van der Waals surface area contributed by atoms with Crippen LogP contribution < -0.4 is 5.32 Å². The molecule has 0 aromatic heterocycles. The molecule has 2 saturated heterocycles. The third kappa shape index (κ3) is 4.19. The standard InChI is InChI=1S/C17H33N3O/c1-19-10-6-14(7-11-19)18-15-8-12-20(13-9-15)16-4-2-3-5-17(16)21/h14-18,21H,2-13H2,1H3. The molecule has 2 aliphatic heterocycles. The number of rotatable bonds is 3. The van der Waals surface area contributed by atoms with Gasteiger partial charge in [0.1, 0.15) is 0 Å². The Morgan fingerprint density at radius 2 is 1.38 bits per heavy atom. The molecule has 0 spiro atoms. The Hall–Kier alpha value is -0.160. The molecule has 0 bridgehead atoms. The monoisotopic (exact) mass is 295 g/mol. The minimum absolute atomic E-state index is 0.0721. The van der Waals surface area contributed by atoms with E-state index in [4.69, 9.17) is 0 Å². The molecule has 1 saturated carbocycles. The summed E-state index contributed by atoms with van der Waals surface area (Å²) in [7, 11) is 2.23. The van der Waals surface area contributed by atoms with Crippen LogP contribution in [0.4, 0.5) is 0 Å². The Balaban J connectivity index is 1.40. The summed E-state index contributed by atoms with van der Waals surface area (Å²) in [6.07, 6.45) is 9.78. The van der Waals surface area contributed by atoms with Gasteiger partial charge in [0.2, 0.25) is 0 Å². The highest BCUT2D eigenvalue weighted by molar-refractivity contribution is 4.89. The van der Waals surface area contributed by atoms with Crippen LogP contribution in [0.5, 0.6) is 0 Å². The van der Waals surface area contributed by atoms with Crippen LogP contribution in [-0.2, 0) is 0 Å². The average Bonchev–Trinajstić information content (AvgIpc) is 2.51. The maximum Gasteiger partial charge on any atom is 0.0695 e. The summed E-state index contributed by atoms with van der Waals surface area (Å²) in [6, 6.07) is 1.89. The number of nitrogens with zero attached hydrogens (tertiary/aromatic N) is 2. The molecule has 0 amide bonds. The molecule has 3 aliphatic rings. The number of hydrogen-bond donors (Lipinski definition) is 2. The van der Waals surface area contributed by atoms with Crippen molar-refractivity contribution in [3.05, 3.63) is 0 Å². The molecule has 4 nitrogen and oxygen atoms in total. The zero-order chi connectivity index (χ0) is 14.7. The zero-order valence-corrected chi connectivity index (χ0v) is 13.6. The predicted molar refractivity (Wildman–Crippen MR) is 86.5 cm³/mol. The Bertz CT molecular complexity index is 309. The van der Waals surface area contributed by atoms with Gasteiger partial charge in [-0.3, -0.25) is 4.90 Å². The van der Waals surface area contributed by atoms with Crippen LogP contribution in [0.3, 0.4) is 0 Å². The van der Waals surface area contributed by atoms with Gasteiger partial charge in [0, 0.05) is 31.2 Å². The number of likely N-dealkylation sites (tertiary alicyclic amines) is 2. The second kappa shape index (κ2) is 7.40. The molecule has 1 aliphatic carbocycles. The molecule has 0 aromatic carbocycles. The largest absolute Gasteiger partial charge is 0.391 e. The van der Waals surface area contributed by atoms with Gasteiger partial charge in [-0.25, -0.2) is 0 Å². The lowest BCUT2D eigenvalue weighted by Gasteiger charge is -2.42. The van der Waals surface area contributed by atoms with E-state index in [-0.39, 0.29) is 6.10 Å². The molecule has 3 fully saturated rings. The van der Waals surface area contributed by atoms with Gasteiger partial charge in [-0.2, -0.15) is 0 Å². The molecular weight excluding hydrogens is 262 g/mol. The SMILES string of the molecule is CN1CCC(NC2CCN(C3CCCCC3O)CC2)CC1. The van der Waals surface area contributed by atoms with E-state index in [2.05, 4.69) is 22.2 Å². The van der Waals surface area contributed by atoms with Gasteiger partial charge in [0.25, 0.3) is 0 Å². The van der Waals surface area contributed by atoms with Crippen molar-refractivity contribution in [3.8, 4) is 0 Å². The van der Waals surface area contributed by atoms with E-state index >= 15 is 0 Å².